The summed E-state index contributed by atoms with van der Waals surface area (Å²) in [6, 6.07) is 8.08. The van der Waals surface area contributed by atoms with Crippen molar-refractivity contribution < 1.29 is 4.79 Å². The van der Waals surface area contributed by atoms with Crippen LogP contribution in [0, 0.1) is 0 Å². The third kappa shape index (κ3) is 3.49. The number of thiazole rings is 1. The molecular formula is C19H20N4OS. The van der Waals surface area contributed by atoms with Crippen LogP contribution in [0.5, 0.6) is 0 Å². The van der Waals surface area contributed by atoms with E-state index in [4.69, 9.17) is 0 Å². The fourth-order valence-electron chi connectivity index (χ4n) is 3.36. The number of carbonyl (C=O) groups excluding carboxylic acids is 1. The van der Waals surface area contributed by atoms with Crippen LogP contribution in [-0.2, 0) is 11.2 Å². The molecular weight excluding hydrogens is 332 g/mol. The molecule has 25 heavy (non-hydrogen) atoms. The van der Waals surface area contributed by atoms with Crippen molar-refractivity contribution in [3.05, 3.63) is 65.7 Å². The molecule has 0 bridgehead atoms. The standard InChI is InChI=1S/C19H20N4OS/c24-18(12-16-14-25-19(21-16)22-9-3-4-10-22)23-11-2-1-7-17(23)15-6-5-8-20-13-15/h3-6,8-10,13-14,17H,1-2,7,11-12H2. The Kier molecular flexibility index (Phi) is 4.61. The molecule has 1 fully saturated rings. The molecule has 0 aromatic carbocycles. The third-order valence-electron chi connectivity index (χ3n) is 4.59. The number of likely N-dealkylation sites (tertiary alicyclic amines) is 1. The first-order valence-electron chi connectivity index (χ1n) is 8.58. The summed E-state index contributed by atoms with van der Waals surface area (Å²) in [5.41, 5.74) is 1.97. The summed E-state index contributed by atoms with van der Waals surface area (Å²) >= 11 is 1.56. The molecule has 5 nitrogen and oxygen atoms in total. The number of aromatic nitrogens is 3. The van der Waals surface area contributed by atoms with Gasteiger partial charge in [-0.25, -0.2) is 4.98 Å². The Morgan fingerprint density at radius 3 is 2.92 bits per heavy atom. The van der Waals surface area contributed by atoms with Crippen LogP contribution >= 0.6 is 11.3 Å². The number of rotatable bonds is 4. The van der Waals surface area contributed by atoms with E-state index in [2.05, 4.69) is 16.0 Å². The number of pyridine rings is 1. The minimum absolute atomic E-state index is 0.137. The zero-order valence-electron chi connectivity index (χ0n) is 13.9. The summed E-state index contributed by atoms with van der Waals surface area (Å²) in [6.07, 6.45) is 11.2. The van der Waals surface area contributed by atoms with Gasteiger partial charge in [-0.15, -0.1) is 11.3 Å². The van der Waals surface area contributed by atoms with Gasteiger partial charge in [-0.05, 0) is 43.0 Å². The molecule has 0 spiro atoms. The Labute approximate surface area is 151 Å². The zero-order chi connectivity index (χ0) is 17.1. The van der Waals surface area contributed by atoms with Crippen molar-refractivity contribution >= 4 is 17.2 Å². The lowest BCUT2D eigenvalue weighted by molar-refractivity contribution is -0.134. The van der Waals surface area contributed by atoms with E-state index >= 15 is 0 Å². The monoisotopic (exact) mass is 352 g/mol. The van der Waals surface area contributed by atoms with Gasteiger partial charge in [-0.2, -0.15) is 0 Å². The first kappa shape index (κ1) is 16.0. The first-order valence-corrected chi connectivity index (χ1v) is 9.46. The highest BCUT2D eigenvalue weighted by Crippen LogP contribution is 2.31. The largest absolute Gasteiger partial charge is 0.335 e. The van der Waals surface area contributed by atoms with E-state index in [1.54, 1.807) is 17.5 Å². The third-order valence-corrected chi connectivity index (χ3v) is 5.49. The molecule has 6 heteroatoms. The quantitative estimate of drug-likeness (QED) is 0.720. The average Bonchev–Trinajstić information content (AvgIpc) is 3.34. The summed E-state index contributed by atoms with van der Waals surface area (Å²) < 4.78 is 1.97. The molecule has 4 heterocycles. The van der Waals surface area contributed by atoms with Crippen LogP contribution in [0.25, 0.3) is 5.13 Å². The number of nitrogens with zero attached hydrogens (tertiary/aromatic N) is 4. The summed E-state index contributed by atoms with van der Waals surface area (Å²) in [6.45, 7) is 0.812. The number of amides is 1. The molecule has 0 N–H and O–H groups in total. The van der Waals surface area contributed by atoms with Crippen LogP contribution in [-0.4, -0.2) is 31.9 Å². The number of piperidine rings is 1. The van der Waals surface area contributed by atoms with Gasteiger partial charge in [0.25, 0.3) is 0 Å². The van der Waals surface area contributed by atoms with Gasteiger partial charge in [-0.3, -0.25) is 9.78 Å². The summed E-state index contributed by atoms with van der Waals surface area (Å²) in [5.74, 6) is 0.151. The van der Waals surface area contributed by atoms with E-state index in [0.29, 0.717) is 6.42 Å². The Bertz CT molecular complexity index is 828. The predicted molar refractivity (Wildman–Crippen MR) is 97.7 cm³/mol. The van der Waals surface area contributed by atoms with Gasteiger partial charge in [0, 0.05) is 36.7 Å². The lowest BCUT2D eigenvalue weighted by Crippen LogP contribution is -2.39. The van der Waals surface area contributed by atoms with Crippen LogP contribution in [0.3, 0.4) is 0 Å². The van der Waals surface area contributed by atoms with Gasteiger partial charge in [0.15, 0.2) is 5.13 Å². The van der Waals surface area contributed by atoms with Gasteiger partial charge in [0.2, 0.25) is 5.91 Å². The average molecular weight is 352 g/mol. The topological polar surface area (TPSA) is 51.0 Å². The molecule has 0 aliphatic carbocycles. The van der Waals surface area contributed by atoms with Crippen LogP contribution in [0.4, 0.5) is 0 Å². The van der Waals surface area contributed by atoms with E-state index in [1.165, 1.54) is 0 Å². The molecule has 0 saturated carbocycles. The molecule has 1 amide bonds. The molecule has 0 radical (unpaired) electrons. The SMILES string of the molecule is O=C(Cc1csc(-n2cccc2)n1)N1CCCCC1c1cccnc1. The van der Waals surface area contributed by atoms with Crippen molar-refractivity contribution in [2.45, 2.75) is 31.7 Å². The molecule has 1 atom stereocenters. The van der Waals surface area contributed by atoms with Crippen LogP contribution in [0.1, 0.15) is 36.6 Å². The van der Waals surface area contributed by atoms with Crippen LogP contribution < -0.4 is 0 Å². The van der Waals surface area contributed by atoms with E-state index in [9.17, 15) is 4.79 Å². The number of carbonyl (C=O) groups is 1. The maximum atomic E-state index is 12.9. The van der Waals surface area contributed by atoms with Crippen molar-refractivity contribution in [3.8, 4) is 5.13 Å². The summed E-state index contributed by atoms with van der Waals surface area (Å²) in [4.78, 5) is 23.7. The fourth-order valence-corrected chi connectivity index (χ4v) is 4.16. The lowest BCUT2D eigenvalue weighted by atomic mass is 9.96. The molecule has 128 valence electrons. The van der Waals surface area contributed by atoms with Gasteiger partial charge in [0.1, 0.15) is 0 Å². The van der Waals surface area contributed by atoms with Crippen molar-refractivity contribution in [1.82, 2.24) is 19.4 Å². The maximum absolute atomic E-state index is 12.9. The van der Waals surface area contributed by atoms with Gasteiger partial charge < -0.3 is 9.47 Å². The molecule has 3 aromatic heterocycles. The number of hydrogen-bond acceptors (Lipinski definition) is 4. The minimum Gasteiger partial charge on any atom is -0.335 e. The second kappa shape index (κ2) is 7.19. The molecule has 1 aliphatic heterocycles. The molecule has 1 aliphatic rings. The first-order chi connectivity index (χ1) is 12.3. The minimum atomic E-state index is 0.137. The van der Waals surface area contributed by atoms with Gasteiger partial charge in [-0.1, -0.05) is 6.07 Å². The van der Waals surface area contributed by atoms with E-state index in [1.807, 2.05) is 51.6 Å². The highest BCUT2D eigenvalue weighted by molar-refractivity contribution is 7.12. The predicted octanol–water partition coefficient (Wildman–Crippen LogP) is 3.63. The van der Waals surface area contributed by atoms with E-state index in [0.717, 1.165) is 42.2 Å². The second-order valence-electron chi connectivity index (χ2n) is 6.27. The lowest BCUT2D eigenvalue weighted by Gasteiger charge is -2.36. The fraction of sp³-hybridized carbons (Fsp3) is 0.316. The highest BCUT2D eigenvalue weighted by Gasteiger charge is 2.28. The van der Waals surface area contributed by atoms with Gasteiger partial charge in [0.05, 0.1) is 18.2 Å². The smallest absolute Gasteiger partial charge is 0.229 e. The van der Waals surface area contributed by atoms with Crippen molar-refractivity contribution in [2.24, 2.45) is 0 Å². The maximum Gasteiger partial charge on any atom is 0.229 e. The van der Waals surface area contributed by atoms with Crippen molar-refractivity contribution in [1.29, 1.82) is 0 Å². The number of hydrogen-bond donors (Lipinski definition) is 0. The summed E-state index contributed by atoms with van der Waals surface area (Å²) in [5, 5.41) is 2.88. The Morgan fingerprint density at radius 2 is 2.12 bits per heavy atom. The Hall–Kier alpha value is -2.47. The molecule has 1 saturated heterocycles. The normalized spacial score (nSPS) is 17.6. The Balaban J connectivity index is 1.49. The molecule has 1 unspecified atom stereocenters. The summed E-state index contributed by atoms with van der Waals surface area (Å²) in [7, 11) is 0. The van der Waals surface area contributed by atoms with Crippen molar-refractivity contribution in [3.63, 3.8) is 0 Å². The highest BCUT2D eigenvalue weighted by atomic mass is 32.1. The molecule has 3 aromatic rings. The van der Waals surface area contributed by atoms with Crippen LogP contribution in [0.15, 0.2) is 54.4 Å². The van der Waals surface area contributed by atoms with E-state index < -0.39 is 0 Å². The van der Waals surface area contributed by atoms with Crippen LogP contribution in [0.2, 0.25) is 0 Å². The van der Waals surface area contributed by atoms with Gasteiger partial charge >= 0.3 is 0 Å². The Morgan fingerprint density at radius 1 is 1.24 bits per heavy atom. The van der Waals surface area contributed by atoms with Crippen molar-refractivity contribution in [2.75, 3.05) is 6.54 Å². The molecule has 4 rings (SSSR count). The van der Waals surface area contributed by atoms with E-state index in [-0.39, 0.29) is 11.9 Å². The zero-order valence-corrected chi connectivity index (χ0v) is 14.7. The second-order valence-corrected chi connectivity index (χ2v) is 7.11.